The fraction of sp³-hybridized carbons (Fsp3) is 0. The first-order valence-electron chi connectivity index (χ1n) is 12.5. The Morgan fingerprint density at radius 1 is 0.462 bits per heavy atom. The summed E-state index contributed by atoms with van der Waals surface area (Å²) in [5.74, 6) is 0.572. The van der Waals surface area contributed by atoms with E-state index in [-0.39, 0.29) is 0 Å². The van der Waals surface area contributed by atoms with Gasteiger partial charge in [0, 0.05) is 44.2 Å². The van der Waals surface area contributed by atoms with Gasteiger partial charge in [-0.2, -0.15) is 0 Å². The van der Waals surface area contributed by atoms with Gasteiger partial charge in [-0.3, -0.25) is 4.98 Å². The number of rotatable bonds is 4. The van der Waals surface area contributed by atoms with Gasteiger partial charge in [0.15, 0.2) is 5.82 Å². The van der Waals surface area contributed by atoms with Crippen molar-refractivity contribution >= 4 is 33.4 Å². The minimum absolute atomic E-state index is 0.572. The molecule has 0 aliphatic heterocycles. The lowest BCUT2D eigenvalue weighted by molar-refractivity contribution is 0.991. The molecule has 0 aliphatic rings. The average molecular weight is 522 g/mol. The largest absolute Gasteiger partial charge is 0.254 e. The molecule has 6 heteroatoms. The Morgan fingerprint density at radius 2 is 1.13 bits per heavy atom. The van der Waals surface area contributed by atoms with Crippen molar-refractivity contribution in [3.05, 3.63) is 126 Å². The maximum Gasteiger partial charge on any atom is 0.182 e. The van der Waals surface area contributed by atoms with Gasteiger partial charge in [-0.25, -0.2) is 9.97 Å². The van der Waals surface area contributed by atoms with E-state index in [2.05, 4.69) is 63.7 Å². The van der Waals surface area contributed by atoms with E-state index in [1.54, 1.807) is 0 Å². The number of pyridine rings is 2. The summed E-state index contributed by atoms with van der Waals surface area (Å²) in [6, 6.07) is 38.0. The van der Waals surface area contributed by atoms with Gasteiger partial charge in [0.2, 0.25) is 0 Å². The Labute approximate surface area is 229 Å². The zero-order chi connectivity index (χ0) is 26.2. The monoisotopic (exact) mass is 521 g/mol. The third-order valence-corrected chi connectivity index (χ3v) is 6.97. The summed E-state index contributed by atoms with van der Waals surface area (Å²) in [5.41, 5.74) is 7.88. The number of hydrogen-bond acceptors (Lipinski definition) is 5. The highest BCUT2D eigenvalue weighted by Crippen LogP contribution is 2.33. The molecule has 0 radical (unpaired) electrons. The predicted octanol–water partition coefficient (Wildman–Crippen LogP) is 8.29. The average Bonchev–Trinajstić information content (AvgIpc) is 3.01. The maximum atomic E-state index is 6.14. The molecular weight excluding hydrogens is 502 g/mol. The van der Waals surface area contributed by atoms with Crippen molar-refractivity contribution in [1.29, 1.82) is 0 Å². The van der Waals surface area contributed by atoms with Crippen LogP contribution in [-0.2, 0) is 0 Å². The minimum atomic E-state index is 0.572. The standard InChI is InChI=1S/C33H20ClN5/c34-27-17-14-25(15-18-27)32-31(37-33(39-38-32)26-5-2-1-3-6-26)23-10-8-21(9-11-23)28-19-16-24-13-12-22-7-4-20-35-29(22)30(24)36-28/h1-20H. The van der Waals surface area contributed by atoms with E-state index >= 15 is 0 Å². The lowest BCUT2D eigenvalue weighted by Gasteiger charge is -2.11. The molecule has 4 aromatic carbocycles. The Morgan fingerprint density at radius 3 is 1.92 bits per heavy atom. The summed E-state index contributed by atoms with van der Waals surface area (Å²) in [4.78, 5) is 14.5. The molecule has 5 nitrogen and oxygen atoms in total. The Kier molecular flexibility index (Phi) is 5.76. The highest BCUT2D eigenvalue weighted by atomic mass is 35.5. The van der Waals surface area contributed by atoms with E-state index in [4.69, 9.17) is 21.6 Å². The summed E-state index contributed by atoms with van der Waals surface area (Å²) >= 11 is 6.14. The van der Waals surface area contributed by atoms with E-state index in [1.807, 2.05) is 72.9 Å². The van der Waals surface area contributed by atoms with Gasteiger partial charge in [0.25, 0.3) is 0 Å². The fourth-order valence-corrected chi connectivity index (χ4v) is 4.85. The van der Waals surface area contributed by atoms with Gasteiger partial charge >= 0.3 is 0 Å². The van der Waals surface area contributed by atoms with E-state index in [9.17, 15) is 0 Å². The molecule has 7 aromatic rings. The van der Waals surface area contributed by atoms with Crippen LogP contribution in [0.5, 0.6) is 0 Å². The van der Waals surface area contributed by atoms with E-state index in [0.29, 0.717) is 16.5 Å². The Hall–Kier alpha value is -5.00. The van der Waals surface area contributed by atoms with Crippen LogP contribution in [0.1, 0.15) is 0 Å². The second-order valence-corrected chi connectivity index (χ2v) is 9.63. The smallest absolute Gasteiger partial charge is 0.182 e. The molecule has 0 N–H and O–H groups in total. The summed E-state index contributed by atoms with van der Waals surface area (Å²) in [6.07, 6.45) is 1.81. The molecule has 184 valence electrons. The lowest BCUT2D eigenvalue weighted by Crippen LogP contribution is -2.00. The molecule has 3 aromatic heterocycles. The van der Waals surface area contributed by atoms with Crippen LogP contribution in [-0.4, -0.2) is 25.1 Å². The van der Waals surface area contributed by atoms with Crippen LogP contribution in [0.15, 0.2) is 121 Å². The van der Waals surface area contributed by atoms with Crippen LogP contribution in [0.3, 0.4) is 0 Å². The maximum absolute atomic E-state index is 6.14. The molecule has 39 heavy (non-hydrogen) atoms. The molecule has 0 aliphatic carbocycles. The van der Waals surface area contributed by atoms with E-state index in [1.165, 1.54) is 0 Å². The summed E-state index contributed by atoms with van der Waals surface area (Å²) in [6.45, 7) is 0. The zero-order valence-electron chi connectivity index (χ0n) is 20.7. The normalized spacial score (nSPS) is 11.2. The number of fused-ring (bicyclic) bond motifs is 3. The van der Waals surface area contributed by atoms with Crippen LogP contribution < -0.4 is 0 Å². The van der Waals surface area contributed by atoms with Gasteiger partial charge < -0.3 is 0 Å². The predicted molar refractivity (Wildman–Crippen MR) is 157 cm³/mol. The Balaban J connectivity index is 1.33. The molecule has 0 bridgehead atoms. The first-order chi connectivity index (χ1) is 19.2. The highest BCUT2D eigenvalue weighted by Gasteiger charge is 2.15. The third kappa shape index (κ3) is 4.39. The number of benzene rings is 4. The second kappa shape index (κ2) is 9.71. The summed E-state index contributed by atoms with van der Waals surface area (Å²) in [5, 5.41) is 11.8. The van der Waals surface area contributed by atoms with Crippen molar-refractivity contribution in [2.45, 2.75) is 0 Å². The van der Waals surface area contributed by atoms with Crippen molar-refractivity contribution in [1.82, 2.24) is 25.1 Å². The van der Waals surface area contributed by atoms with Crippen LogP contribution >= 0.6 is 11.6 Å². The van der Waals surface area contributed by atoms with Crippen molar-refractivity contribution in [2.75, 3.05) is 0 Å². The van der Waals surface area contributed by atoms with Crippen molar-refractivity contribution in [3.63, 3.8) is 0 Å². The van der Waals surface area contributed by atoms with Gasteiger partial charge in [0.05, 0.1) is 16.7 Å². The van der Waals surface area contributed by atoms with Crippen LogP contribution in [0, 0.1) is 0 Å². The minimum Gasteiger partial charge on any atom is -0.254 e. The molecule has 0 saturated heterocycles. The molecule has 7 rings (SSSR count). The van der Waals surface area contributed by atoms with Crippen LogP contribution in [0.25, 0.3) is 67.0 Å². The van der Waals surface area contributed by atoms with Gasteiger partial charge in [0.1, 0.15) is 11.4 Å². The van der Waals surface area contributed by atoms with E-state index in [0.717, 1.165) is 55.4 Å². The molecule has 3 heterocycles. The zero-order valence-corrected chi connectivity index (χ0v) is 21.4. The molecule has 0 atom stereocenters. The molecule has 0 amide bonds. The molecule has 0 spiro atoms. The quantitative estimate of drug-likeness (QED) is 0.218. The van der Waals surface area contributed by atoms with Crippen LogP contribution in [0.4, 0.5) is 0 Å². The molecule has 0 unspecified atom stereocenters. The molecular formula is C33H20ClN5. The van der Waals surface area contributed by atoms with Gasteiger partial charge in [-0.1, -0.05) is 103 Å². The topological polar surface area (TPSA) is 64.5 Å². The highest BCUT2D eigenvalue weighted by molar-refractivity contribution is 6.30. The first kappa shape index (κ1) is 23.1. The first-order valence-corrected chi connectivity index (χ1v) is 12.9. The SMILES string of the molecule is Clc1ccc(-c2nnc(-c3ccccc3)nc2-c2ccc(-c3ccc4ccc5cccnc5c4n3)cc2)cc1. The fourth-order valence-electron chi connectivity index (χ4n) is 4.72. The summed E-state index contributed by atoms with van der Waals surface area (Å²) in [7, 11) is 0. The van der Waals surface area contributed by atoms with Crippen molar-refractivity contribution in [2.24, 2.45) is 0 Å². The Bertz CT molecular complexity index is 1950. The molecule has 0 saturated carbocycles. The lowest BCUT2D eigenvalue weighted by atomic mass is 10.0. The number of nitrogens with zero attached hydrogens (tertiary/aromatic N) is 5. The molecule has 0 fully saturated rings. The van der Waals surface area contributed by atoms with Gasteiger partial charge in [-0.15, -0.1) is 10.2 Å². The number of aromatic nitrogens is 5. The number of hydrogen-bond donors (Lipinski definition) is 0. The number of halogens is 1. The van der Waals surface area contributed by atoms with Gasteiger partial charge in [-0.05, 0) is 24.3 Å². The van der Waals surface area contributed by atoms with E-state index < -0.39 is 0 Å². The second-order valence-electron chi connectivity index (χ2n) is 9.19. The summed E-state index contributed by atoms with van der Waals surface area (Å²) < 4.78 is 0. The van der Waals surface area contributed by atoms with Crippen molar-refractivity contribution in [3.8, 4) is 45.2 Å². The van der Waals surface area contributed by atoms with Crippen molar-refractivity contribution < 1.29 is 0 Å². The van der Waals surface area contributed by atoms with Crippen LogP contribution in [0.2, 0.25) is 5.02 Å². The third-order valence-electron chi connectivity index (χ3n) is 6.72.